The van der Waals surface area contributed by atoms with Crippen LogP contribution in [0.3, 0.4) is 0 Å². The van der Waals surface area contributed by atoms with Gasteiger partial charge >= 0.3 is 11.4 Å². The predicted octanol–water partition coefficient (Wildman–Crippen LogP) is 2.95. The Balaban J connectivity index is 0.000000206. The van der Waals surface area contributed by atoms with Crippen LogP contribution in [0, 0.1) is 25.5 Å². The summed E-state index contributed by atoms with van der Waals surface area (Å²) >= 11 is 0. The number of aromatic amines is 1. The first-order chi connectivity index (χ1) is 17.5. The maximum Gasteiger partial charge on any atom is 0.349 e. The quantitative estimate of drug-likeness (QED) is 0.387. The van der Waals surface area contributed by atoms with Crippen molar-refractivity contribution in [3.63, 3.8) is 0 Å². The number of rotatable bonds is 4. The minimum atomic E-state index is -0.796. The molecule has 0 atom stereocenters. The van der Waals surface area contributed by atoms with Crippen LogP contribution in [0.5, 0.6) is 0 Å². The number of carbonyl (C=O) groups excluding carboxylic acids is 2. The summed E-state index contributed by atoms with van der Waals surface area (Å²) in [6, 6.07) is 13.5. The number of benzene rings is 2. The molecule has 12 heteroatoms. The zero-order chi connectivity index (χ0) is 27.1. The number of amides is 2. The van der Waals surface area contributed by atoms with Crippen molar-refractivity contribution in [1.29, 1.82) is 0 Å². The summed E-state index contributed by atoms with van der Waals surface area (Å²) in [5, 5.41) is 4.55. The Morgan fingerprint density at radius 2 is 1.35 bits per heavy atom. The Hall–Kier alpha value is -5.00. The van der Waals surface area contributed by atoms with Crippen LogP contribution in [0.4, 0.5) is 20.4 Å². The van der Waals surface area contributed by atoms with Crippen molar-refractivity contribution in [2.24, 2.45) is 7.05 Å². The summed E-state index contributed by atoms with van der Waals surface area (Å²) in [7, 11) is 1.38. The van der Waals surface area contributed by atoms with Gasteiger partial charge in [0.15, 0.2) is 23.3 Å². The van der Waals surface area contributed by atoms with E-state index in [0.717, 1.165) is 28.1 Å². The van der Waals surface area contributed by atoms with E-state index in [2.05, 4.69) is 25.6 Å². The van der Waals surface area contributed by atoms with E-state index in [1.165, 1.54) is 7.05 Å². The van der Waals surface area contributed by atoms with E-state index in [0.29, 0.717) is 11.1 Å². The Bertz CT molecular complexity index is 1550. The average molecular weight is 508 g/mol. The largest absolute Gasteiger partial charge is 0.349 e. The van der Waals surface area contributed by atoms with Gasteiger partial charge in [0.25, 0.3) is 11.8 Å². The zero-order valence-corrected chi connectivity index (χ0v) is 20.0. The predicted molar refractivity (Wildman–Crippen MR) is 133 cm³/mol. The molecule has 2 amide bonds. The molecule has 4 rings (SSSR count). The number of anilines is 2. The van der Waals surface area contributed by atoms with Crippen LogP contribution in [0.25, 0.3) is 0 Å². The van der Waals surface area contributed by atoms with Crippen molar-refractivity contribution in [1.82, 2.24) is 19.5 Å². The first kappa shape index (κ1) is 26.6. The molecule has 0 fully saturated rings. The van der Waals surface area contributed by atoms with Crippen molar-refractivity contribution < 1.29 is 18.4 Å². The van der Waals surface area contributed by atoms with Gasteiger partial charge in [-0.3, -0.25) is 19.1 Å². The van der Waals surface area contributed by atoms with E-state index < -0.39 is 34.8 Å². The number of hydrogen-bond acceptors (Lipinski definition) is 6. The van der Waals surface area contributed by atoms with Gasteiger partial charge < -0.3 is 10.6 Å². The number of nitrogens with zero attached hydrogens (tertiary/aromatic N) is 3. The molecule has 3 N–H and O–H groups in total. The highest BCUT2D eigenvalue weighted by Crippen LogP contribution is 2.11. The maximum absolute atomic E-state index is 13.5. The monoisotopic (exact) mass is 508 g/mol. The number of aryl methyl sites for hydroxylation is 3. The molecule has 0 radical (unpaired) electrons. The van der Waals surface area contributed by atoms with Crippen LogP contribution in [-0.2, 0) is 7.05 Å². The smallest absolute Gasteiger partial charge is 0.306 e. The van der Waals surface area contributed by atoms with Crippen molar-refractivity contribution in [2.75, 3.05) is 10.6 Å². The van der Waals surface area contributed by atoms with E-state index in [1.54, 1.807) is 48.5 Å². The number of halogens is 2. The zero-order valence-electron chi connectivity index (χ0n) is 20.0. The van der Waals surface area contributed by atoms with Gasteiger partial charge in [-0.15, -0.1) is 0 Å². The standard InChI is InChI=1S/C13H12FN3O2.C12H10FN3O2/c1-8-3-5-9(6-4-8)12(18)15-11-10(14)7-17(2)13(19)16-11;1-7-2-4-8(5-3-7)11(17)15-10-9(13)6-14-12(18)16-10/h3-7H,1-2H3,(H,15,16,18,19);2-6H,1H3,(H2,14,15,16,17,18). The molecule has 0 saturated heterocycles. The summed E-state index contributed by atoms with van der Waals surface area (Å²) in [4.78, 5) is 54.6. The fourth-order valence-corrected chi connectivity index (χ4v) is 2.85. The highest BCUT2D eigenvalue weighted by molar-refractivity contribution is 6.04. The van der Waals surface area contributed by atoms with Crippen molar-refractivity contribution in [2.45, 2.75) is 13.8 Å². The van der Waals surface area contributed by atoms with E-state index in [1.807, 2.05) is 13.8 Å². The molecule has 0 saturated carbocycles. The second kappa shape index (κ2) is 11.6. The first-order valence-corrected chi connectivity index (χ1v) is 10.8. The Labute approximate surface area is 209 Å². The molecule has 190 valence electrons. The molecular weight excluding hydrogens is 486 g/mol. The third-order valence-electron chi connectivity index (χ3n) is 4.91. The van der Waals surface area contributed by atoms with E-state index in [4.69, 9.17) is 0 Å². The highest BCUT2D eigenvalue weighted by atomic mass is 19.1. The minimum absolute atomic E-state index is 0.291. The second-order valence-corrected chi connectivity index (χ2v) is 7.88. The van der Waals surface area contributed by atoms with Crippen molar-refractivity contribution in [3.8, 4) is 0 Å². The number of nitrogens with one attached hydrogen (secondary N) is 3. The second-order valence-electron chi connectivity index (χ2n) is 7.88. The molecule has 0 bridgehead atoms. The van der Waals surface area contributed by atoms with E-state index in [9.17, 15) is 28.0 Å². The topological polar surface area (TPSA) is 139 Å². The lowest BCUT2D eigenvalue weighted by atomic mass is 10.1. The summed E-state index contributed by atoms with van der Waals surface area (Å²) in [5.41, 5.74) is 1.39. The van der Waals surface area contributed by atoms with Crippen LogP contribution in [0.1, 0.15) is 31.8 Å². The lowest BCUT2D eigenvalue weighted by Crippen LogP contribution is -2.24. The average Bonchev–Trinajstić information content (AvgIpc) is 2.86. The van der Waals surface area contributed by atoms with Gasteiger partial charge in [-0.2, -0.15) is 9.97 Å². The number of hydrogen-bond donors (Lipinski definition) is 3. The van der Waals surface area contributed by atoms with Gasteiger partial charge in [-0.25, -0.2) is 18.4 Å². The van der Waals surface area contributed by atoms with Crippen LogP contribution in [-0.4, -0.2) is 31.3 Å². The highest BCUT2D eigenvalue weighted by Gasteiger charge is 2.12. The third-order valence-corrected chi connectivity index (χ3v) is 4.91. The summed E-state index contributed by atoms with van der Waals surface area (Å²) < 4.78 is 27.8. The van der Waals surface area contributed by atoms with Gasteiger partial charge in [0, 0.05) is 24.4 Å². The Morgan fingerprint density at radius 3 is 1.89 bits per heavy atom. The van der Waals surface area contributed by atoms with Crippen LogP contribution in [0.2, 0.25) is 0 Å². The molecule has 2 heterocycles. The molecule has 4 aromatic rings. The fourth-order valence-electron chi connectivity index (χ4n) is 2.85. The van der Waals surface area contributed by atoms with Crippen LogP contribution >= 0.6 is 0 Å². The third kappa shape index (κ3) is 7.24. The minimum Gasteiger partial charge on any atom is -0.306 e. The molecule has 2 aromatic heterocycles. The molecule has 0 spiro atoms. The first-order valence-electron chi connectivity index (χ1n) is 10.8. The lowest BCUT2D eigenvalue weighted by molar-refractivity contribution is 0.101. The Kier molecular flexibility index (Phi) is 8.35. The summed E-state index contributed by atoms with van der Waals surface area (Å²) in [6.07, 6.45) is 1.73. The van der Waals surface area contributed by atoms with E-state index in [-0.39, 0.29) is 11.6 Å². The number of carbonyl (C=O) groups is 2. The molecule has 37 heavy (non-hydrogen) atoms. The fraction of sp³-hybridized carbons (Fsp3) is 0.120. The number of aromatic nitrogens is 4. The van der Waals surface area contributed by atoms with E-state index >= 15 is 0 Å². The summed E-state index contributed by atoms with van der Waals surface area (Å²) in [5.74, 6) is -3.23. The molecule has 0 unspecified atom stereocenters. The van der Waals surface area contributed by atoms with Gasteiger partial charge in [-0.05, 0) is 38.1 Å². The molecule has 0 aliphatic rings. The van der Waals surface area contributed by atoms with Gasteiger partial charge in [0.1, 0.15) is 0 Å². The molecular formula is C25H22F2N6O4. The van der Waals surface area contributed by atoms with Gasteiger partial charge in [0.05, 0.1) is 6.20 Å². The number of H-pyrrole nitrogens is 1. The van der Waals surface area contributed by atoms with Crippen molar-refractivity contribution >= 4 is 23.5 Å². The molecule has 2 aromatic carbocycles. The summed E-state index contributed by atoms with van der Waals surface area (Å²) in [6.45, 7) is 3.78. The van der Waals surface area contributed by atoms with Gasteiger partial charge in [-0.1, -0.05) is 35.4 Å². The maximum atomic E-state index is 13.5. The Morgan fingerprint density at radius 1 is 0.838 bits per heavy atom. The van der Waals surface area contributed by atoms with Crippen LogP contribution < -0.4 is 22.0 Å². The SMILES string of the molecule is Cc1ccc(C(=O)Nc2[nH]c(=O)ncc2F)cc1.Cc1ccc(C(=O)Nc2nc(=O)n(C)cc2F)cc1. The van der Waals surface area contributed by atoms with Crippen molar-refractivity contribution in [3.05, 3.63) is 116 Å². The molecule has 0 aliphatic carbocycles. The molecule has 10 nitrogen and oxygen atoms in total. The lowest BCUT2D eigenvalue weighted by Gasteiger charge is -2.06. The normalized spacial score (nSPS) is 10.2. The van der Waals surface area contributed by atoms with Crippen LogP contribution in [0.15, 0.2) is 70.5 Å². The van der Waals surface area contributed by atoms with Gasteiger partial charge in [0.2, 0.25) is 0 Å². The molecule has 0 aliphatic heterocycles.